The van der Waals surface area contributed by atoms with E-state index in [0.717, 1.165) is 47.4 Å². The highest BCUT2D eigenvalue weighted by Gasteiger charge is 2.72. The third-order valence-electron chi connectivity index (χ3n) is 7.22. The van der Waals surface area contributed by atoms with Crippen molar-refractivity contribution in [1.29, 1.82) is 5.53 Å². The van der Waals surface area contributed by atoms with E-state index < -0.39 is 0 Å². The summed E-state index contributed by atoms with van der Waals surface area (Å²) >= 11 is 0. The van der Waals surface area contributed by atoms with E-state index in [1.165, 1.54) is 16.8 Å². The monoisotopic (exact) mass is 394 g/mol. The first-order valence-electron chi connectivity index (χ1n) is 10.8. The minimum Gasteiger partial charge on any atom is -0.434 e. The summed E-state index contributed by atoms with van der Waals surface area (Å²) in [6.07, 6.45) is 2.06. The van der Waals surface area contributed by atoms with E-state index in [2.05, 4.69) is 77.0 Å². The van der Waals surface area contributed by atoms with Gasteiger partial charge in [0.1, 0.15) is 11.4 Å². The second kappa shape index (κ2) is 7.56. The first-order valence-corrected chi connectivity index (χ1v) is 10.8. The third kappa shape index (κ3) is 3.48. The number of nitrogens with zero attached hydrogens (tertiary/aromatic N) is 2. The maximum atomic E-state index is 7.33. The third-order valence-corrected chi connectivity index (χ3v) is 7.22. The standard InChI is InChI=1S/C25H36N3O/c1-8-24(6,7)20-11-14-23(19(5)15-20)29-25(9-2)17-28(25,10-3)21-12-13-22(27-26)18(4)16-21/h11-16,26H,8-10,17H2,1-7H3/q+1. The van der Waals surface area contributed by atoms with Gasteiger partial charge in [0.15, 0.2) is 6.54 Å². The van der Waals surface area contributed by atoms with E-state index in [-0.39, 0.29) is 11.1 Å². The molecule has 0 bridgehead atoms. The molecule has 4 nitrogen and oxygen atoms in total. The lowest BCUT2D eigenvalue weighted by atomic mass is 9.81. The molecule has 0 aromatic heterocycles. The number of aryl methyl sites for hydroxylation is 2. The van der Waals surface area contributed by atoms with Gasteiger partial charge in [-0.2, -0.15) is 5.11 Å². The van der Waals surface area contributed by atoms with Crippen molar-refractivity contribution in [3.8, 4) is 5.75 Å². The Labute approximate surface area is 176 Å². The van der Waals surface area contributed by atoms with Gasteiger partial charge in [0.05, 0.1) is 12.2 Å². The van der Waals surface area contributed by atoms with Crippen LogP contribution < -0.4 is 9.22 Å². The molecule has 0 amide bonds. The van der Waals surface area contributed by atoms with Gasteiger partial charge in [0, 0.05) is 18.6 Å². The molecular formula is C25H36N3O+. The molecule has 2 unspecified atom stereocenters. The van der Waals surface area contributed by atoms with Crippen LogP contribution in [-0.2, 0) is 5.41 Å². The van der Waals surface area contributed by atoms with Crippen LogP contribution >= 0.6 is 0 Å². The van der Waals surface area contributed by atoms with Crippen LogP contribution in [0.4, 0.5) is 11.4 Å². The molecule has 2 aromatic rings. The van der Waals surface area contributed by atoms with Crippen LogP contribution in [0, 0.1) is 19.4 Å². The SMILES string of the molecule is CCC(C)(C)c1ccc(OC2(CC)C[N+]2(CC)c2ccc(N=N)c(C)c2)c(C)c1. The van der Waals surface area contributed by atoms with Crippen molar-refractivity contribution in [1.82, 2.24) is 4.48 Å². The number of hydrogen-bond acceptors (Lipinski definition) is 3. The average Bonchev–Trinajstić information content (AvgIpc) is 3.38. The number of nitrogens with one attached hydrogen (secondary N) is 1. The largest absolute Gasteiger partial charge is 0.434 e. The van der Waals surface area contributed by atoms with Crippen LogP contribution in [0.25, 0.3) is 0 Å². The van der Waals surface area contributed by atoms with Crippen molar-refractivity contribution >= 4 is 11.4 Å². The summed E-state index contributed by atoms with van der Waals surface area (Å²) < 4.78 is 7.59. The van der Waals surface area contributed by atoms with E-state index in [4.69, 9.17) is 10.3 Å². The Morgan fingerprint density at radius 1 is 1.07 bits per heavy atom. The lowest BCUT2D eigenvalue weighted by molar-refractivity contribution is 0.113. The summed E-state index contributed by atoms with van der Waals surface area (Å²) in [6, 6.07) is 12.9. The normalized spacial score (nSPS) is 23.7. The van der Waals surface area contributed by atoms with Crippen molar-refractivity contribution in [2.45, 2.75) is 72.4 Å². The number of benzene rings is 2. The maximum Gasteiger partial charge on any atom is 0.297 e. The molecule has 0 radical (unpaired) electrons. The molecule has 3 rings (SSSR count). The molecule has 1 N–H and O–H groups in total. The first kappa shape index (κ1) is 21.5. The van der Waals surface area contributed by atoms with Gasteiger partial charge in [-0.05, 0) is 61.4 Å². The van der Waals surface area contributed by atoms with Crippen LogP contribution in [0.2, 0.25) is 0 Å². The highest BCUT2D eigenvalue weighted by atomic mass is 16.5. The molecule has 2 atom stereocenters. The van der Waals surface area contributed by atoms with Crippen molar-refractivity contribution in [3.63, 3.8) is 0 Å². The summed E-state index contributed by atoms with van der Waals surface area (Å²) in [5.74, 6) is 0.991. The molecule has 0 saturated carbocycles. The van der Waals surface area contributed by atoms with E-state index in [0.29, 0.717) is 0 Å². The van der Waals surface area contributed by atoms with Gasteiger partial charge in [-0.25, -0.2) is 10.0 Å². The molecule has 2 aromatic carbocycles. The van der Waals surface area contributed by atoms with Crippen LogP contribution in [-0.4, -0.2) is 18.8 Å². The van der Waals surface area contributed by atoms with Gasteiger partial charge in [-0.15, -0.1) is 0 Å². The predicted molar refractivity (Wildman–Crippen MR) is 121 cm³/mol. The molecule has 0 aliphatic carbocycles. The zero-order valence-corrected chi connectivity index (χ0v) is 19.1. The van der Waals surface area contributed by atoms with Crippen LogP contribution in [0.5, 0.6) is 5.75 Å². The minimum atomic E-state index is -0.229. The van der Waals surface area contributed by atoms with Crippen molar-refractivity contribution < 1.29 is 4.74 Å². The van der Waals surface area contributed by atoms with E-state index in [9.17, 15) is 0 Å². The van der Waals surface area contributed by atoms with E-state index >= 15 is 0 Å². The smallest absolute Gasteiger partial charge is 0.297 e. The molecule has 156 valence electrons. The first-order chi connectivity index (χ1) is 13.7. The van der Waals surface area contributed by atoms with Gasteiger partial charge in [-0.3, -0.25) is 0 Å². The summed E-state index contributed by atoms with van der Waals surface area (Å²) in [4.78, 5) is 0. The molecule has 1 saturated heterocycles. The van der Waals surface area contributed by atoms with Crippen molar-refractivity contribution in [3.05, 3.63) is 53.1 Å². The van der Waals surface area contributed by atoms with Crippen molar-refractivity contribution in [2.75, 3.05) is 13.1 Å². The highest BCUT2D eigenvalue weighted by Crippen LogP contribution is 2.51. The second-order valence-corrected chi connectivity index (χ2v) is 9.14. The Balaban J connectivity index is 1.94. The number of hydrogen-bond donors (Lipinski definition) is 1. The Bertz CT molecular complexity index is 920. The molecule has 29 heavy (non-hydrogen) atoms. The Hall–Kier alpha value is -2.20. The fourth-order valence-electron chi connectivity index (χ4n) is 4.53. The summed E-state index contributed by atoms with van der Waals surface area (Å²) in [5.41, 5.74) is 12.9. The Morgan fingerprint density at radius 2 is 1.79 bits per heavy atom. The molecule has 1 heterocycles. The zero-order chi connectivity index (χ0) is 21.4. The van der Waals surface area contributed by atoms with Gasteiger partial charge >= 0.3 is 0 Å². The lowest BCUT2D eigenvalue weighted by Gasteiger charge is -2.27. The molecule has 4 heteroatoms. The fraction of sp³-hybridized carbons (Fsp3) is 0.520. The Morgan fingerprint density at radius 3 is 2.31 bits per heavy atom. The van der Waals surface area contributed by atoms with Gasteiger partial charge < -0.3 is 4.74 Å². The summed E-state index contributed by atoms with van der Waals surface area (Å²) in [6.45, 7) is 17.4. The zero-order valence-electron chi connectivity index (χ0n) is 19.1. The van der Waals surface area contributed by atoms with Crippen LogP contribution in [0.1, 0.15) is 64.2 Å². The van der Waals surface area contributed by atoms with Gasteiger partial charge in [0.25, 0.3) is 5.72 Å². The van der Waals surface area contributed by atoms with Crippen LogP contribution in [0.3, 0.4) is 0 Å². The fourth-order valence-corrected chi connectivity index (χ4v) is 4.53. The van der Waals surface area contributed by atoms with Gasteiger partial charge in [0.2, 0.25) is 0 Å². The predicted octanol–water partition coefficient (Wildman–Crippen LogP) is 7.18. The molecular weight excluding hydrogens is 358 g/mol. The topological polar surface area (TPSA) is 45.4 Å². The van der Waals surface area contributed by atoms with E-state index in [1.807, 2.05) is 13.0 Å². The Kier molecular flexibility index (Phi) is 5.61. The van der Waals surface area contributed by atoms with Gasteiger partial charge in [-0.1, -0.05) is 39.8 Å². The van der Waals surface area contributed by atoms with Crippen molar-refractivity contribution in [2.24, 2.45) is 5.11 Å². The minimum absolute atomic E-state index is 0.177. The average molecular weight is 395 g/mol. The van der Waals surface area contributed by atoms with Crippen LogP contribution in [0.15, 0.2) is 41.5 Å². The maximum absolute atomic E-state index is 7.33. The van der Waals surface area contributed by atoms with E-state index in [1.54, 1.807) is 0 Å². The number of quaternary nitrogens is 1. The molecule has 1 fully saturated rings. The molecule has 1 aliphatic heterocycles. The quantitative estimate of drug-likeness (QED) is 0.288. The second-order valence-electron chi connectivity index (χ2n) is 9.14. The lowest BCUT2D eigenvalue weighted by Crippen LogP contribution is -2.40. The summed E-state index contributed by atoms with van der Waals surface area (Å²) in [5, 5.41) is 3.62. The number of likely N-dealkylation sites (N-methyl/N-ethyl adjacent to an activating group) is 1. The molecule has 0 spiro atoms. The molecule has 1 aliphatic rings. The number of rotatable bonds is 8. The number of ether oxygens (including phenoxy) is 1. The highest BCUT2D eigenvalue weighted by molar-refractivity contribution is 5.59. The summed E-state index contributed by atoms with van der Waals surface area (Å²) in [7, 11) is 0.